The molecule has 0 saturated carbocycles. The van der Waals surface area contributed by atoms with Crippen LogP contribution in [0.2, 0.25) is 0 Å². The van der Waals surface area contributed by atoms with E-state index in [9.17, 15) is 0 Å². The molecule has 1 atom stereocenters. The van der Waals surface area contributed by atoms with Crippen LogP contribution in [-0.2, 0) is 17.8 Å². The van der Waals surface area contributed by atoms with E-state index in [0.717, 1.165) is 51.5 Å². The molecule has 1 aromatic heterocycles. The number of nitrogens with zero attached hydrogens (tertiary/aromatic N) is 1. The van der Waals surface area contributed by atoms with Gasteiger partial charge in [-0.2, -0.15) is 0 Å². The van der Waals surface area contributed by atoms with Crippen molar-refractivity contribution in [2.75, 3.05) is 26.2 Å². The van der Waals surface area contributed by atoms with Gasteiger partial charge in [-0.1, -0.05) is 6.92 Å². The molecule has 0 aromatic carbocycles. The van der Waals surface area contributed by atoms with Crippen LogP contribution in [0.4, 0.5) is 0 Å². The number of hydrogen-bond acceptors (Lipinski definition) is 4. The van der Waals surface area contributed by atoms with Gasteiger partial charge in [0, 0.05) is 25.2 Å². The summed E-state index contributed by atoms with van der Waals surface area (Å²) in [6.45, 7) is 9.95. The summed E-state index contributed by atoms with van der Waals surface area (Å²) in [4.78, 5) is 2.39. The van der Waals surface area contributed by atoms with Gasteiger partial charge in [0.05, 0.1) is 25.5 Å². The van der Waals surface area contributed by atoms with Gasteiger partial charge in [0.2, 0.25) is 0 Å². The maximum atomic E-state index is 5.61. The van der Waals surface area contributed by atoms with Crippen molar-refractivity contribution in [1.82, 2.24) is 10.2 Å². The van der Waals surface area contributed by atoms with E-state index < -0.39 is 0 Å². The van der Waals surface area contributed by atoms with Crippen LogP contribution < -0.4 is 5.32 Å². The molecule has 1 aromatic rings. The Balaban J connectivity index is 1.78. The molecule has 0 spiro atoms. The number of hydrogen-bond donors (Lipinski definition) is 1. The summed E-state index contributed by atoms with van der Waals surface area (Å²) >= 11 is 0. The lowest BCUT2D eigenvalue weighted by atomic mass is 10.2. The molecular formula is C14H24N2O2. The minimum Gasteiger partial charge on any atom is -0.468 e. The van der Waals surface area contributed by atoms with Crippen LogP contribution in [0.3, 0.4) is 0 Å². The van der Waals surface area contributed by atoms with E-state index in [1.807, 2.05) is 6.26 Å². The smallest absolute Gasteiger partial charge is 0.118 e. The summed E-state index contributed by atoms with van der Waals surface area (Å²) in [6.07, 6.45) is 3.36. The van der Waals surface area contributed by atoms with E-state index in [-0.39, 0.29) is 0 Å². The molecule has 1 aliphatic heterocycles. The highest BCUT2D eigenvalue weighted by Gasteiger charge is 2.17. The molecular weight excluding hydrogens is 228 g/mol. The second kappa shape index (κ2) is 6.92. The van der Waals surface area contributed by atoms with Gasteiger partial charge in [-0.15, -0.1) is 0 Å². The van der Waals surface area contributed by atoms with Crippen LogP contribution >= 0.6 is 0 Å². The molecule has 0 radical (unpaired) electrons. The third-order valence-electron chi connectivity index (χ3n) is 3.17. The number of rotatable bonds is 6. The summed E-state index contributed by atoms with van der Waals surface area (Å²) < 4.78 is 11.1. The zero-order valence-corrected chi connectivity index (χ0v) is 11.4. The molecule has 1 fully saturated rings. The fraction of sp³-hybridized carbons (Fsp3) is 0.714. The van der Waals surface area contributed by atoms with E-state index in [1.165, 1.54) is 5.56 Å². The molecule has 18 heavy (non-hydrogen) atoms. The first kappa shape index (κ1) is 13.6. The second-order valence-electron chi connectivity index (χ2n) is 5.01. The van der Waals surface area contributed by atoms with Crippen LogP contribution in [0.1, 0.15) is 31.6 Å². The summed E-state index contributed by atoms with van der Waals surface area (Å²) in [7, 11) is 0. The Morgan fingerprint density at radius 2 is 2.39 bits per heavy atom. The van der Waals surface area contributed by atoms with Crippen molar-refractivity contribution in [3.8, 4) is 0 Å². The Morgan fingerprint density at radius 3 is 3.17 bits per heavy atom. The van der Waals surface area contributed by atoms with Crippen LogP contribution in [-0.4, -0.2) is 37.2 Å². The van der Waals surface area contributed by atoms with Crippen molar-refractivity contribution in [1.29, 1.82) is 0 Å². The number of ether oxygens (including phenoxy) is 1. The lowest BCUT2D eigenvalue weighted by Gasteiger charge is -2.30. The molecule has 4 heteroatoms. The maximum absolute atomic E-state index is 5.61. The van der Waals surface area contributed by atoms with Gasteiger partial charge in [-0.3, -0.25) is 4.90 Å². The monoisotopic (exact) mass is 252 g/mol. The minimum atomic E-state index is 0.333. The third kappa shape index (κ3) is 4.12. The number of nitrogens with one attached hydrogen (secondary N) is 1. The second-order valence-corrected chi connectivity index (χ2v) is 5.01. The molecule has 2 rings (SSSR count). The van der Waals surface area contributed by atoms with Crippen molar-refractivity contribution in [2.45, 2.75) is 39.5 Å². The van der Waals surface area contributed by atoms with Crippen molar-refractivity contribution < 1.29 is 9.15 Å². The van der Waals surface area contributed by atoms with Crippen molar-refractivity contribution in [2.24, 2.45) is 0 Å². The molecule has 0 amide bonds. The average molecular weight is 252 g/mol. The molecule has 2 heterocycles. The molecule has 0 bridgehead atoms. The fourth-order valence-electron chi connectivity index (χ4n) is 2.27. The minimum absolute atomic E-state index is 0.333. The van der Waals surface area contributed by atoms with E-state index in [2.05, 4.69) is 30.1 Å². The molecule has 1 unspecified atom stereocenters. The molecule has 1 N–H and O–H groups in total. The molecule has 1 saturated heterocycles. The van der Waals surface area contributed by atoms with Gasteiger partial charge in [0.15, 0.2) is 0 Å². The Hall–Kier alpha value is -0.840. The highest BCUT2D eigenvalue weighted by atomic mass is 16.5. The SMILES string of the molecule is CCCNCc1coc(CN2CCOC(C)C2)c1. The van der Waals surface area contributed by atoms with Gasteiger partial charge in [-0.25, -0.2) is 0 Å². The summed E-state index contributed by atoms with van der Waals surface area (Å²) in [6, 6.07) is 2.16. The topological polar surface area (TPSA) is 37.6 Å². The highest BCUT2D eigenvalue weighted by molar-refractivity contribution is 5.12. The van der Waals surface area contributed by atoms with E-state index in [0.29, 0.717) is 6.10 Å². The third-order valence-corrected chi connectivity index (χ3v) is 3.17. The quantitative estimate of drug-likeness (QED) is 0.786. The van der Waals surface area contributed by atoms with Crippen molar-refractivity contribution in [3.05, 3.63) is 23.7 Å². The van der Waals surface area contributed by atoms with Gasteiger partial charge >= 0.3 is 0 Å². The van der Waals surface area contributed by atoms with E-state index in [4.69, 9.17) is 9.15 Å². The van der Waals surface area contributed by atoms with Crippen molar-refractivity contribution >= 4 is 0 Å². The van der Waals surface area contributed by atoms with Crippen LogP contribution in [0.15, 0.2) is 16.7 Å². The van der Waals surface area contributed by atoms with Gasteiger partial charge in [-0.05, 0) is 26.0 Å². The van der Waals surface area contributed by atoms with Crippen molar-refractivity contribution in [3.63, 3.8) is 0 Å². The standard InChI is InChI=1S/C14H24N2O2/c1-3-4-15-8-13-7-14(18-11-13)10-16-5-6-17-12(2)9-16/h7,11-12,15H,3-6,8-10H2,1-2H3. The fourth-order valence-corrected chi connectivity index (χ4v) is 2.27. The lowest BCUT2D eigenvalue weighted by Crippen LogP contribution is -2.40. The zero-order valence-electron chi connectivity index (χ0n) is 11.4. The number of furan rings is 1. The largest absolute Gasteiger partial charge is 0.468 e. The molecule has 4 nitrogen and oxygen atoms in total. The molecule has 0 aliphatic carbocycles. The average Bonchev–Trinajstić information content (AvgIpc) is 2.77. The lowest BCUT2D eigenvalue weighted by molar-refractivity contribution is -0.0230. The maximum Gasteiger partial charge on any atom is 0.118 e. The summed E-state index contributed by atoms with van der Waals surface area (Å²) in [5, 5.41) is 3.38. The van der Waals surface area contributed by atoms with Crippen LogP contribution in [0.25, 0.3) is 0 Å². The summed E-state index contributed by atoms with van der Waals surface area (Å²) in [5.74, 6) is 1.05. The number of morpholine rings is 1. The van der Waals surface area contributed by atoms with Gasteiger partial charge in [0.25, 0.3) is 0 Å². The van der Waals surface area contributed by atoms with E-state index >= 15 is 0 Å². The Kier molecular flexibility index (Phi) is 5.23. The van der Waals surface area contributed by atoms with Gasteiger partial charge < -0.3 is 14.5 Å². The zero-order chi connectivity index (χ0) is 12.8. The van der Waals surface area contributed by atoms with Crippen LogP contribution in [0.5, 0.6) is 0 Å². The predicted octanol–water partition coefficient (Wildman–Crippen LogP) is 2.00. The Labute approximate surface area is 109 Å². The van der Waals surface area contributed by atoms with Crippen LogP contribution in [0, 0.1) is 0 Å². The normalized spacial score (nSPS) is 21.3. The molecule has 1 aliphatic rings. The Bertz CT molecular complexity index is 351. The Morgan fingerprint density at radius 1 is 1.50 bits per heavy atom. The van der Waals surface area contributed by atoms with Gasteiger partial charge in [0.1, 0.15) is 5.76 Å². The first-order chi connectivity index (χ1) is 8.78. The van der Waals surface area contributed by atoms with E-state index in [1.54, 1.807) is 0 Å². The first-order valence-electron chi connectivity index (χ1n) is 6.89. The summed E-state index contributed by atoms with van der Waals surface area (Å²) in [5.41, 5.74) is 1.24. The predicted molar refractivity (Wildman–Crippen MR) is 71.4 cm³/mol. The highest BCUT2D eigenvalue weighted by Crippen LogP contribution is 2.13. The molecule has 102 valence electrons. The first-order valence-corrected chi connectivity index (χ1v) is 6.89.